The van der Waals surface area contributed by atoms with Gasteiger partial charge >= 0.3 is 0 Å². The molecule has 1 fully saturated rings. The average molecular weight is 282 g/mol. The second-order valence-corrected chi connectivity index (χ2v) is 6.96. The highest BCUT2D eigenvalue weighted by atomic mass is 35.5. The molecule has 1 aromatic rings. The van der Waals surface area contributed by atoms with Crippen LogP contribution in [0.1, 0.15) is 51.2 Å². The van der Waals surface area contributed by atoms with Gasteiger partial charge < -0.3 is 5.11 Å². The van der Waals surface area contributed by atoms with Gasteiger partial charge in [0, 0.05) is 12.1 Å². The normalized spacial score (nSPS) is 17.7. The van der Waals surface area contributed by atoms with Crippen molar-refractivity contribution in [1.29, 1.82) is 0 Å². The van der Waals surface area contributed by atoms with Gasteiger partial charge in [0.15, 0.2) is 0 Å². The topological polar surface area (TPSA) is 23.5 Å². The number of piperidine rings is 1. The summed E-state index contributed by atoms with van der Waals surface area (Å²) in [6, 6.07) is 3.99. The molecule has 1 aromatic carbocycles. The van der Waals surface area contributed by atoms with E-state index < -0.39 is 0 Å². The van der Waals surface area contributed by atoms with Crippen molar-refractivity contribution in [2.75, 3.05) is 13.1 Å². The highest BCUT2D eigenvalue weighted by Crippen LogP contribution is 2.34. The zero-order valence-electron chi connectivity index (χ0n) is 12.2. The predicted molar refractivity (Wildman–Crippen MR) is 80.9 cm³/mol. The number of likely N-dealkylation sites (tertiary alicyclic amines) is 1. The quantitative estimate of drug-likeness (QED) is 0.872. The molecule has 0 bridgehead atoms. The van der Waals surface area contributed by atoms with Crippen LogP contribution in [0.3, 0.4) is 0 Å². The number of hydrogen-bond donors (Lipinski definition) is 1. The van der Waals surface area contributed by atoms with Gasteiger partial charge in [0.05, 0.1) is 5.02 Å². The second-order valence-electron chi connectivity index (χ2n) is 6.55. The standard InChI is InChI=1S/C16H24ClNO/c1-16(2,3)13-9-12(15(19)14(17)10-13)11-18-7-5-4-6-8-18/h9-10,19H,4-8,11H2,1-3H3. The molecule has 0 spiro atoms. The maximum absolute atomic E-state index is 10.2. The summed E-state index contributed by atoms with van der Waals surface area (Å²) in [5, 5.41) is 10.6. The summed E-state index contributed by atoms with van der Waals surface area (Å²) >= 11 is 6.17. The van der Waals surface area contributed by atoms with E-state index in [0.717, 1.165) is 25.2 Å². The van der Waals surface area contributed by atoms with E-state index in [1.807, 2.05) is 6.07 Å². The van der Waals surface area contributed by atoms with Crippen LogP contribution in [0.25, 0.3) is 0 Å². The van der Waals surface area contributed by atoms with E-state index in [0.29, 0.717) is 5.02 Å². The summed E-state index contributed by atoms with van der Waals surface area (Å²) in [7, 11) is 0. The van der Waals surface area contributed by atoms with Gasteiger partial charge in [-0.3, -0.25) is 4.90 Å². The minimum Gasteiger partial charge on any atom is -0.506 e. The molecule has 0 aromatic heterocycles. The fourth-order valence-electron chi connectivity index (χ4n) is 2.57. The van der Waals surface area contributed by atoms with Crippen LogP contribution in [0.15, 0.2) is 12.1 Å². The van der Waals surface area contributed by atoms with Crippen LogP contribution in [-0.4, -0.2) is 23.1 Å². The van der Waals surface area contributed by atoms with Crippen molar-refractivity contribution in [2.24, 2.45) is 0 Å². The Balaban J connectivity index is 2.25. The van der Waals surface area contributed by atoms with Crippen LogP contribution in [-0.2, 0) is 12.0 Å². The fraction of sp³-hybridized carbons (Fsp3) is 0.625. The number of benzene rings is 1. The predicted octanol–water partition coefficient (Wildman–Crippen LogP) is 4.33. The van der Waals surface area contributed by atoms with Crippen LogP contribution in [0.5, 0.6) is 5.75 Å². The number of phenols is 1. The van der Waals surface area contributed by atoms with Crippen molar-refractivity contribution in [1.82, 2.24) is 4.90 Å². The van der Waals surface area contributed by atoms with Crippen LogP contribution in [0.2, 0.25) is 5.02 Å². The molecular weight excluding hydrogens is 258 g/mol. The van der Waals surface area contributed by atoms with Gasteiger partial charge in [-0.2, -0.15) is 0 Å². The third-order valence-corrected chi connectivity index (χ3v) is 4.14. The lowest BCUT2D eigenvalue weighted by Crippen LogP contribution is -2.29. The molecule has 1 saturated heterocycles. The molecule has 0 amide bonds. The molecule has 1 heterocycles. The molecule has 1 aliphatic heterocycles. The van der Waals surface area contributed by atoms with E-state index >= 15 is 0 Å². The summed E-state index contributed by atoms with van der Waals surface area (Å²) in [6.07, 6.45) is 3.84. The number of phenolic OH excluding ortho intramolecular Hbond substituents is 1. The van der Waals surface area contributed by atoms with E-state index in [4.69, 9.17) is 11.6 Å². The Morgan fingerprint density at radius 2 is 1.79 bits per heavy atom. The van der Waals surface area contributed by atoms with E-state index in [-0.39, 0.29) is 11.2 Å². The lowest BCUT2D eigenvalue weighted by Gasteiger charge is -2.28. The van der Waals surface area contributed by atoms with Crippen LogP contribution >= 0.6 is 11.6 Å². The van der Waals surface area contributed by atoms with Crippen molar-refractivity contribution in [2.45, 2.75) is 52.0 Å². The highest BCUT2D eigenvalue weighted by Gasteiger charge is 2.20. The van der Waals surface area contributed by atoms with Crippen molar-refractivity contribution in [3.8, 4) is 5.75 Å². The Hall–Kier alpha value is -0.730. The van der Waals surface area contributed by atoms with Gasteiger partial charge in [-0.25, -0.2) is 0 Å². The molecule has 3 heteroatoms. The molecule has 1 aliphatic rings. The van der Waals surface area contributed by atoms with Gasteiger partial charge in [0.25, 0.3) is 0 Å². The van der Waals surface area contributed by atoms with Crippen LogP contribution < -0.4 is 0 Å². The summed E-state index contributed by atoms with van der Waals surface area (Å²) in [4.78, 5) is 2.40. The molecule has 106 valence electrons. The Morgan fingerprint density at radius 3 is 2.37 bits per heavy atom. The highest BCUT2D eigenvalue weighted by molar-refractivity contribution is 6.32. The van der Waals surface area contributed by atoms with Gasteiger partial charge in [-0.15, -0.1) is 0 Å². The average Bonchev–Trinajstić information content (AvgIpc) is 2.34. The van der Waals surface area contributed by atoms with Gasteiger partial charge in [-0.1, -0.05) is 44.9 Å². The zero-order valence-corrected chi connectivity index (χ0v) is 12.9. The van der Waals surface area contributed by atoms with Crippen molar-refractivity contribution < 1.29 is 5.11 Å². The van der Waals surface area contributed by atoms with Gasteiger partial charge in [0.1, 0.15) is 5.75 Å². The SMILES string of the molecule is CC(C)(C)c1cc(Cl)c(O)c(CN2CCCCC2)c1. The monoisotopic (exact) mass is 281 g/mol. The van der Waals surface area contributed by atoms with E-state index in [1.165, 1.54) is 24.8 Å². The van der Waals surface area contributed by atoms with Gasteiger partial charge in [-0.05, 0) is 43.0 Å². The minimum atomic E-state index is 0.0496. The molecule has 0 atom stereocenters. The minimum absolute atomic E-state index is 0.0496. The zero-order chi connectivity index (χ0) is 14.0. The number of halogens is 1. The molecule has 2 rings (SSSR count). The Morgan fingerprint density at radius 1 is 1.16 bits per heavy atom. The maximum atomic E-state index is 10.2. The Labute approximate surface area is 121 Å². The summed E-state index contributed by atoms with van der Waals surface area (Å²) < 4.78 is 0. The summed E-state index contributed by atoms with van der Waals surface area (Å²) in [5.74, 6) is 0.250. The molecular formula is C16H24ClNO. The fourth-order valence-corrected chi connectivity index (χ4v) is 2.81. The number of aromatic hydroxyl groups is 1. The van der Waals surface area contributed by atoms with Crippen molar-refractivity contribution in [3.05, 3.63) is 28.3 Å². The van der Waals surface area contributed by atoms with Gasteiger partial charge in [0.2, 0.25) is 0 Å². The van der Waals surface area contributed by atoms with Crippen LogP contribution in [0.4, 0.5) is 0 Å². The number of nitrogens with zero attached hydrogens (tertiary/aromatic N) is 1. The lowest BCUT2D eigenvalue weighted by molar-refractivity contribution is 0.218. The smallest absolute Gasteiger partial charge is 0.138 e. The first kappa shape index (κ1) is 14.7. The molecule has 19 heavy (non-hydrogen) atoms. The molecule has 0 unspecified atom stereocenters. The molecule has 2 nitrogen and oxygen atoms in total. The largest absolute Gasteiger partial charge is 0.506 e. The third kappa shape index (κ3) is 3.64. The second kappa shape index (κ2) is 5.72. The first-order valence-corrected chi connectivity index (χ1v) is 7.50. The third-order valence-electron chi connectivity index (χ3n) is 3.85. The van der Waals surface area contributed by atoms with E-state index in [9.17, 15) is 5.11 Å². The van der Waals surface area contributed by atoms with E-state index in [2.05, 4.69) is 31.7 Å². The van der Waals surface area contributed by atoms with E-state index in [1.54, 1.807) is 0 Å². The number of hydrogen-bond acceptors (Lipinski definition) is 2. The molecule has 1 N–H and O–H groups in total. The molecule has 0 radical (unpaired) electrons. The molecule has 0 aliphatic carbocycles. The first-order chi connectivity index (χ1) is 8.88. The van der Waals surface area contributed by atoms with Crippen LogP contribution in [0, 0.1) is 0 Å². The number of rotatable bonds is 2. The Kier molecular flexibility index (Phi) is 4.42. The summed E-state index contributed by atoms with van der Waals surface area (Å²) in [5.41, 5.74) is 2.19. The molecule has 0 saturated carbocycles. The summed E-state index contributed by atoms with van der Waals surface area (Å²) in [6.45, 7) is 9.55. The first-order valence-electron chi connectivity index (χ1n) is 7.12. The van der Waals surface area contributed by atoms with Crippen molar-refractivity contribution in [3.63, 3.8) is 0 Å². The maximum Gasteiger partial charge on any atom is 0.138 e. The Bertz CT molecular complexity index is 445. The lowest BCUT2D eigenvalue weighted by atomic mass is 9.86. The van der Waals surface area contributed by atoms with Crippen molar-refractivity contribution >= 4 is 11.6 Å².